The molecule has 1 aromatic heterocycles. The van der Waals surface area contributed by atoms with Gasteiger partial charge in [-0.15, -0.1) is 0 Å². The lowest BCUT2D eigenvalue weighted by molar-refractivity contribution is 0.0765. The Balaban J connectivity index is 2.83. The molecule has 1 rings (SSSR count). The number of carbonyl (C=O) groups is 1. The van der Waals surface area contributed by atoms with Crippen molar-refractivity contribution >= 4 is 5.91 Å². The fourth-order valence-electron chi connectivity index (χ4n) is 1.30. The topological polar surface area (TPSA) is 53.7 Å². The third kappa shape index (κ3) is 2.14. The number of furan rings is 1. The number of likely N-dealkylation sites (N-methyl/N-ethyl adjacent to an activating group) is 1. The van der Waals surface area contributed by atoms with E-state index in [2.05, 4.69) is 0 Å². The minimum absolute atomic E-state index is 0.0296. The first-order valence-electron chi connectivity index (χ1n) is 4.49. The number of aryl methyl sites for hydroxylation is 2. The zero-order valence-corrected chi connectivity index (χ0v) is 8.70. The zero-order valence-electron chi connectivity index (χ0n) is 8.70. The average molecular weight is 197 g/mol. The van der Waals surface area contributed by atoms with Gasteiger partial charge in [-0.2, -0.15) is 0 Å². The summed E-state index contributed by atoms with van der Waals surface area (Å²) in [5.74, 6) is 1.23. The molecule has 0 aliphatic rings. The molecule has 1 amide bonds. The highest BCUT2D eigenvalue weighted by Crippen LogP contribution is 2.15. The number of hydrogen-bond donors (Lipinski definition) is 1. The van der Waals surface area contributed by atoms with Gasteiger partial charge in [0.25, 0.3) is 5.91 Å². The van der Waals surface area contributed by atoms with Gasteiger partial charge in [0.2, 0.25) is 0 Å². The maximum Gasteiger partial charge on any atom is 0.257 e. The molecule has 0 fully saturated rings. The van der Waals surface area contributed by atoms with Crippen LogP contribution in [0.4, 0.5) is 0 Å². The summed E-state index contributed by atoms with van der Waals surface area (Å²) in [5, 5.41) is 8.69. The Kier molecular flexibility index (Phi) is 3.30. The van der Waals surface area contributed by atoms with E-state index in [1.54, 1.807) is 27.0 Å². The number of aliphatic hydroxyl groups excluding tert-OH is 1. The van der Waals surface area contributed by atoms with Crippen molar-refractivity contribution in [3.63, 3.8) is 0 Å². The fraction of sp³-hybridized carbons (Fsp3) is 0.500. The van der Waals surface area contributed by atoms with Crippen LogP contribution in [0, 0.1) is 13.8 Å². The van der Waals surface area contributed by atoms with E-state index in [1.165, 1.54) is 4.90 Å². The van der Waals surface area contributed by atoms with Gasteiger partial charge in [-0.1, -0.05) is 0 Å². The lowest BCUT2D eigenvalue weighted by atomic mass is 10.2. The van der Waals surface area contributed by atoms with Crippen LogP contribution in [0.1, 0.15) is 21.9 Å². The molecule has 0 saturated carbocycles. The van der Waals surface area contributed by atoms with Crippen LogP contribution in [0.15, 0.2) is 10.5 Å². The minimum atomic E-state index is -0.117. The van der Waals surface area contributed by atoms with Crippen molar-refractivity contribution in [3.8, 4) is 0 Å². The Morgan fingerprint density at radius 1 is 1.57 bits per heavy atom. The third-order valence-electron chi connectivity index (χ3n) is 2.05. The number of amides is 1. The van der Waals surface area contributed by atoms with Gasteiger partial charge in [-0.25, -0.2) is 0 Å². The number of aliphatic hydroxyl groups is 1. The molecule has 0 aromatic carbocycles. The summed E-state index contributed by atoms with van der Waals surface area (Å²) in [6, 6.07) is 1.71. The summed E-state index contributed by atoms with van der Waals surface area (Å²) in [6.07, 6.45) is 0. The Bertz CT molecular complexity index is 330. The molecule has 78 valence electrons. The van der Waals surface area contributed by atoms with E-state index in [0.29, 0.717) is 17.9 Å². The quantitative estimate of drug-likeness (QED) is 0.785. The van der Waals surface area contributed by atoms with Gasteiger partial charge in [0.15, 0.2) is 0 Å². The first-order valence-corrected chi connectivity index (χ1v) is 4.49. The molecule has 1 heterocycles. The van der Waals surface area contributed by atoms with Gasteiger partial charge in [0.1, 0.15) is 11.5 Å². The predicted molar refractivity (Wildman–Crippen MR) is 52.2 cm³/mol. The lowest BCUT2D eigenvalue weighted by Gasteiger charge is -2.14. The molecule has 0 spiro atoms. The number of nitrogens with zero attached hydrogens (tertiary/aromatic N) is 1. The summed E-state index contributed by atoms with van der Waals surface area (Å²) in [5.41, 5.74) is 0.568. The molecule has 0 aliphatic heterocycles. The van der Waals surface area contributed by atoms with E-state index >= 15 is 0 Å². The normalized spacial score (nSPS) is 10.3. The summed E-state index contributed by atoms with van der Waals surface area (Å²) in [4.78, 5) is 13.2. The zero-order chi connectivity index (χ0) is 10.7. The van der Waals surface area contributed by atoms with Crippen LogP contribution in [0.5, 0.6) is 0 Å². The second-order valence-corrected chi connectivity index (χ2v) is 3.28. The van der Waals surface area contributed by atoms with Gasteiger partial charge in [0.05, 0.1) is 12.2 Å². The van der Waals surface area contributed by atoms with Gasteiger partial charge < -0.3 is 14.4 Å². The van der Waals surface area contributed by atoms with Gasteiger partial charge in [-0.05, 0) is 19.9 Å². The largest absolute Gasteiger partial charge is 0.466 e. The van der Waals surface area contributed by atoms with Gasteiger partial charge >= 0.3 is 0 Å². The molecule has 0 atom stereocenters. The van der Waals surface area contributed by atoms with E-state index in [-0.39, 0.29) is 12.5 Å². The highest BCUT2D eigenvalue weighted by Gasteiger charge is 2.16. The molecule has 4 nitrogen and oxygen atoms in total. The van der Waals surface area contributed by atoms with Crippen LogP contribution in [0.3, 0.4) is 0 Å². The van der Waals surface area contributed by atoms with Crippen LogP contribution in [0.2, 0.25) is 0 Å². The summed E-state index contributed by atoms with van der Waals surface area (Å²) < 4.78 is 5.25. The molecule has 1 N–H and O–H groups in total. The Hall–Kier alpha value is -1.29. The Morgan fingerprint density at radius 3 is 2.64 bits per heavy atom. The third-order valence-corrected chi connectivity index (χ3v) is 2.05. The summed E-state index contributed by atoms with van der Waals surface area (Å²) in [7, 11) is 1.65. The minimum Gasteiger partial charge on any atom is -0.466 e. The predicted octanol–water partition coefficient (Wildman–Crippen LogP) is 0.961. The lowest BCUT2D eigenvalue weighted by Crippen LogP contribution is -2.29. The van der Waals surface area contributed by atoms with Crippen LogP contribution >= 0.6 is 0 Å². The van der Waals surface area contributed by atoms with E-state index in [1.807, 2.05) is 0 Å². The SMILES string of the molecule is Cc1cc(C(=O)N(C)CCO)c(C)o1. The van der Waals surface area contributed by atoms with Crippen molar-refractivity contribution in [2.45, 2.75) is 13.8 Å². The molecule has 0 unspecified atom stereocenters. The Labute approximate surface area is 83.1 Å². The van der Waals surface area contributed by atoms with Crippen LogP contribution in [0.25, 0.3) is 0 Å². The van der Waals surface area contributed by atoms with Crippen molar-refractivity contribution in [1.82, 2.24) is 4.90 Å². The van der Waals surface area contributed by atoms with E-state index in [4.69, 9.17) is 9.52 Å². The first kappa shape index (κ1) is 10.8. The highest BCUT2D eigenvalue weighted by atomic mass is 16.3. The molecular weight excluding hydrogens is 182 g/mol. The number of carbonyl (C=O) groups excluding carboxylic acids is 1. The second-order valence-electron chi connectivity index (χ2n) is 3.28. The monoisotopic (exact) mass is 197 g/mol. The molecular formula is C10H15NO3. The fourth-order valence-corrected chi connectivity index (χ4v) is 1.30. The van der Waals surface area contributed by atoms with Crippen molar-refractivity contribution in [2.75, 3.05) is 20.2 Å². The number of rotatable bonds is 3. The van der Waals surface area contributed by atoms with E-state index in [0.717, 1.165) is 5.76 Å². The smallest absolute Gasteiger partial charge is 0.257 e. The summed E-state index contributed by atoms with van der Waals surface area (Å²) >= 11 is 0. The maximum atomic E-state index is 11.7. The average Bonchev–Trinajstić information content (AvgIpc) is 2.44. The van der Waals surface area contributed by atoms with Crippen LogP contribution in [-0.4, -0.2) is 36.1 Å². The Morgan fingerprint density at radius 2 is 2.21 bits per heavy atom. The van der Waals surface area contributed by atoms with Gasteiger partial charge in [-0.3, -0.25) is 4.79 Å². The van der Waals surface area contributed by atoms with Crippen molar-refractivity contribution in [2.24, 2.45) is 0 Å². The molecule has 0 saturated heterocycles. The van der Waals surface area contributed by atoms with Gasteiger partial charge in [0, 0.05) is 13.6 Å². The molecule has 0 bridgehead atoms. The molecule has 0 radical (unpaired) electrons. The molecule has 14 heavy (non-hydrogen) atoms. The first-order chi connectivity index (χ1) is 6.56. The highest BCUT2D eigenvalue weighted by molar-refractivity contribution is 5.95. The van der Waals surface area contributed by atoms with Crippen molar-refractivity contribution in [3.05, 3.63) is 23.2 Å². The standard InChI is InChI=1S/C10H15NO3/c1-7-6-9(8(2)14-7)10(13)11(3)4-5-12/h6,12H,4-5H2,1-3H3. The maximum absolute atomic E-state index is 11.7. The number of hydrogen-bond acceptors (Lipinski definition) is 3. The molecule has 1 aromatic rings. The molecule has 4 heteroatoms. The van der Waals surface area contributed by atoms with E-state index in [9.17, 15) is 4.79 Å². The van der Waals surface area contributed by atoms with Crippen molar-refractivity contribution < 1.29 is 14.3 Å². The second kappa shape index (κ2) is 4.28. The van der Waals surface area contributed by atoms with Crippen molar-refractivity contribution in [1.29, 1.82) is 0 Å². The van der Waals surface area contributed by atoms with E-state index < -0.39 is 0 Å². The summed E-state index contributed by atoms with van der Waals surface area (Å²) in [6.45, 7) is 3.86. The molecule has 0 aliphatic carbocycles. The van der Waals surface area contributed by atoms with Crippen LogP contribution < -0.4 is 0 Å². The van der Waals surface area contributed by atoms with Crippen LogP contribution in [-0.2, 0) is 0 Å².